The fourth-order valence-corrected chi connectivity index (χ4v) is 7.15. The van der Waals surface area contributed by atoms with Crippen molar-refractivity contribution in [2.24, 2.45) is 10.8 Å². The molecule has 0 saturated heterocycles. The molecular formula is C31H46FO2P. The van der Waals surface area contributed by atoms with E-state index in [4.69, 9.17) is 9.05 Å². The highest BCUT2D eigenvalue weighted by molar-refractivity contribution is 7.42. The Bertz CT molecular complexity index is 1000. The third kappa shape index (κ3) is 6.79. The van der Waals surface area contributed by atoms with Gasteiger partial charge in [-0.15, -0.1) is 4.20 Å². The second kappa shape index (κ2) is 9.37. The van der Waals surface area contributed by atoms with Crippen LogP contribution in [0.1, 0.15) is 115 Å². The smallest absolute Gasteiger partial charge is 0.414 e. The lowest BCUT2D eigenvalue weighted by atomic mass is 9.70. The number of benzene rings is 2. The molecule has 1 aliphatic rings. The molecule has 0 saturated carbocycles. The van der Waals surface area contributed by atoms with Crippen molar-refractivity contribution < 1.29 is 13.2 Å². The molecule has 35 heavy (non-hydrogen) atoms. The second-order valence-corrected chi connectivity index (χ2v) is 15.2. The average Bonchev–Trinajstić information content (AvgIpc) is 2.60. The predicted molar refractivity (Wildman–Crippen MR) is 149 cm³/mol. The minimum absolute atomic E-state index is 0.135. The first kappa shape index (κ1) is 28.0. The summed E-state index contributed by atoms with van der Waals surface area (Å²) in [6.07, 6.45) is 2.59. The molecular weight excluding hydrogens is 454 g/mol. The molecule has 3 rings (SSSR count). The van der Waals surface area contributed by atoms with E-state index in [2.05, 4.69) is 107 Å². The van der Waals surface area contributed by atoms with Crippen molar-refractivity contribution in [1.29, 1.82) is 0 Å². The summed E-state index contributed by atoms with van der Waals surface area (Å²) in [6.45, 7) is 26.7. The van der Waals surface area contributed by atoms with Gasteiger partial charge in [-0.25, -0.2) is 0 Å². The Hall–Kier alpha value is -1.60. The molecule has 0 spiro atoms. The van der Waals surface area contributed by atoms with Gasteiger partial charge in [-0.05, 0) is 59.5 Å². The molecule has 0 amide bonds. The van der Waals surface area contributed by atoms with Crippen LogP contribution in [0.5, 0.6) is 11.5 Å². The van der Waals surface area contributed by atoms with E-state index in [1.54, 1.807) is 0 Å². The van der Waals surface area contributed by atoms with E-state index in [0.717, 1.165) is 35.1 Å². The van der Waals surface area contributed by atoms with Crippen LogP contribution in [0.25, 0.3) is 0 Å². The average molecular weight is 501 g/mol. The molecule has 0 atom stereocenters. The van der Waals surface area contributed by atoms with Crippen molar-refractivity contribution in [2.75, 3.05) is 0 Å². The van der Waals surface area contributed by atoms with Gasteiger partial charge in [-0.1, -0.05) is 105 Å². The molecule has 0 aromatic heterocycles. The summed E-state index contributed by atoms with van der Waals surface area (Å²) >= 11 is 0. The lowest BCUT2D eigenvalue weighted by Crippen LogP contribution is -2.27. The highest BCUT2D eigenvalue weighted by Crippen LogP contribution is 2.54. The molecule has 1 aliphatic heterocycles. The van der Waals surface area contributed by atoms with Crippen LogP contribution in [0, 0.1) is 24.7 Å². The molecule has 2 aromatic rings. The SMILES string of the molecule is Cc1cc2c(c(C(C)(C)CC(C)(C)C)c1)OP(F)Oc1c(cc(C)cc1C(C)(C)CC(C)(C)C)C2. The van der Waals surface area contributed by atoms with Crippen molar-refractivity contribution in [1.82, 2.24) is 0 Å². The number of hydrogen-bond acceptors (Lipinski definition) is 2. The summed E-state index contributed by atoms with van der Waals surface area (Å²) in [5.74, 6) is 1.34. The van der Waals surface area contributed by atoms with E-state index in [0.29, 0.717) is 17.9 Å². The molecule has 2 aromatic carbocycles. The van der Waals surface area contributed by atoms with Gasteiger partial charge in [-0.3, -0.25) is 0 Å². The predicted octanol–water partition coefficient (Wildman–Crippen LogP) is 10.3. The van der Waals surface area contributed by atoms with Gasteiger partial charge >= 0.3 is 8.69 Å². The summed E-state index contributed by atoms with van der Waals surface area (Å²) in [6, 6.07) is 8.66. The number of aryl methyl sites for hydroxylation is 2. The number of hydrogen-bond donors (Lipinski definition) is 0. The lowest BCUT2D eigenvalue weighted by molar-refractivity contribution is 0.278. The molecule has 2 nitrogen and oxygen atoms in total. The molecule has 0 bridgehead atoms. The topological polar surface area (TPSA) is 18.5 Å². The van der Waals surface area contributed by atoms with Gasteiger partial charge in [0.2, 0.25) is 0 Å². The van der Waals surface area contributed by atoms with E-state index in [1.807, 2.05) is 0 Å². The summed E-state index contributed by atoms with van der Waals surface area (Å²) in [4.78, 5) is 0. The van der Waals surface area contributed by atoms with Crippen LogP contribution in [0.4, 0.5) is 4.20 Å². The first-order valence-electron chi connectivity index (χ1n) is 12.9. The molecule has 4 heteroatoms. The minimum atomic E-state index is -2.62. The third-order valence-corrected chi connectivity index (χ3v) is 7.38. The van der Waals surface area contributed by atoms with Crippen molar-refractivity contribution >= 4 is 8.69 Å². The third-order valence-electron chi connectivity index (χ3n) is 6.73. The molecule has 0 N–H and O–H groups in total. The summed E-state index contributed by atoms with van der Waals surface area (Å²) in [7, 11) is -2.62. The van der Waals surface area contributed by atoms with Crippen LogP contribution in [0.15, 0.2) is 24.3 Å². The van der Waals surface area contributed by atoms with Gasteiger partial charge in [0, 0.05) is 17.5 Å². The van der Waals surface area contributed by atoms with E-state index in [1.165, 1.54) is 11.1 Å². The molecule has 0 unspecified atom stereocenters. The lowest BCUT2D eigenvalue weighted by Gasteiger charge is -2.37. The number of rotatable bonds is 4. The molecule has 0 aliphatic carbocycles. The summed E-state index contributed by atoms with van der Waals surface area (Å²) < 4.78 is 27.7. The Kier molecular flexibility index (Phi) is 7.49. The van der Waals surface area contributed by atoms with E-state index < -0.39 is 8.69 Å². The Balaban J connectivity index is 2.19. The summed E-state index contributed by atoms with van der Waals surface area (Å²) in [5, 5.41) is 0. The minimum Gasteiger partial charge on any atom is -0.414 e. The Morgan fingerprint density at radius 3 is 1.31 bits per heavy atom. The van der Waals surface area contributed by atoms with E-state index in [-0.39, 0.29) is 21.7 Å². The molecule has 0 fully saturated rings. The first-order chi connectivity index (χ1) is 15.8. The van der Waals surface area contributed by atoms with Crippen molar-refractivity contribution in [2.45, 2.75) is 113 Å². The zero-order chi connectivity index (χ0) is 26.6. The van der Waals surface area contributed by atoms with Gasteiger partial charge in [-0.2, -0.15) is 0 Å². The Morgan fingerprint density at radius 1 is 0.657 bits per heavy atom. The monoisotopic (exact) mass is 500 g/mol. The van der Waals surface area contributed by atoms with Crippen LogP contribution in [-0.4, -0.2) is 0 Å². The number of halogens is 1. The van der Waals surface area contributed by atoms with Crippen LogP contribution in [0.2, 0.25) is 0 Å². The maximum Gasteiger partial charge on any atom is 0.505 e. The zero-order valence-electron chi connectivity index (χ0n) is 24.1. The highest BCUT2D eigenvalue weighted by Gasteiger charge is 2.37. The number of fused-ring (bicyclic) bond motifs is 2. The van der Waals surface area contributed by atoms with Crippen LogP contribution < -0.4 is 9.05 Å². The fraction of sp³-hybridized carbons (Fsp3) is 0.613. The van der Waals surface area contributed by atoms with Crippen molar-refractivity contribution in [3.63, 3.8) is 0 Å². The van der Waals surface area contributed by atoms with E-state index >= 15 is 4.20 Å². The molecule has 194 valence electrons. The van der Waals surface area contributed by atoms with Crippen LogP contribution in [-0.2, 0) is 17.3 Å². The standard InChI is InChI=1S/C31H46FO2P/c1-20-13-22-17-23-14-21(2)16-25(31(11,12)19-29(6,7)8)27(23)34-35(32)33-26(22)24(15-20)30(9,10)18-28(3,4)5/h13-16H,17-19H2,1-12H3. The van der Waals surface area contributed by atoms with Gasteiger partial charge in [0.05, 0.1) is 0 Å². The normalized spacial score (nSPS) is 15.5. The van der Waals surface area contributed by atoms with E-state index in [9.17, 15) is 0 Å². The van der Waals surface area contributed by atoms with Crippen LogP contribution >= 0.6 is 8.69 Å². The Labute approximate surface area is 215 Å². The Morgan fingerprint density at radius 2 is 1.00 bits per heavy atom. The van der Waals surface area contributed by atoms with Gasteiger partial charge in [0.1, 0.15) is 11.5 Å². The van der Waals surface area contributed by atoms with Crippen molar-refractivity contribution in [3.8, 4) is 11.5 Å². The molecule has 0 radical (unpaired) electrons. The summed E-state index contributed by atoms with van der Waals surface area (Å²) in [5.41, 5.74) is 6.52. The van der Waals surface area contributed by atoms with Gasteiger partial charge in [0.25, 0.3) is 0 Å². The maximum absolute atomic E-state index is 15.6. The molecule has 1 heterocycles. The quantitative estimate of drug-likeness (QED) is 0.389. The zero-order valence-corrected chi connectivity index (χ0v) is 25.0. The van der Waals surface area contributed by atoms with Crippen molar-refractivity contribution in [3.05, 3.63) is 57.6 Å². The maximum atomic E-state index is 15.6. The van der Waals surface area contributed by atoms with Gasteiger partial charge in [0.15, 0.2) is 0 Å². The first-order valence-corrected chi connectivity index (χ1v) is 13.9. The van der Waals surface area contributed by atoms with Gasteiger partial charge < -0.3 is 9.05 Å². The highest BCUT2D eigenvalue weighted by atomic mass is 31.2. The van der Waals surface area contributed by atoms with Crippen LogP contribution in [0.3, 0.4) is 0 Å². The largest absolute Gasteiger partial charge is 0.505 e. The second-order valence-electron chi connectivity index (χ2n) is 14.4. The fourth-order valence-electron chi connectivity index (χ4n) is 6.39.